The average molecular weight is 350 g/mol. The van der Waals surface area contributed by atoms with E-state index in [-0.39, 0.29) is 30.3 Å². The molecule has 4 heteroatoms. The van der Waals surface area contributed by atoms with Crippen LogP contribution in [0.15, 0.2) is 35.1 Å². The van der Waals surface area contributed by atoms with E-state index >= 15 is 0 Å². The Balaban J connectivity index is 2.85. The number of aliphatic hydroxyl groups is 3. The second kappa shape index (κ2) is 8.81. The first-order valence-electron chi connectivity index (χ1n) is 9.20. The van der Waals surface area contributed by atoms with Gasteiger partial charge in [0.05, 0.1) is 11.4 Å². The number of carbonyl (C=O) groups is 1. The molecular weight excluding hydrogens is 316 g/mol. The van der Waals surface area contributed by atoms with E-state index in [1.165, 1.54) is 11.6 Å². The number of Topliss-reactive ketones (excluding diaryl/α,β-unsaturated/α-hetero) is 1. The minimum atomic E-state index is -1.80. The van der Waals surface area contributed by atoms with Gasteiger partial charge in [-0.25, -0.2) is 0 Å². The predicted octanol–water partition coefficient (Wildman–Crippen LogP) is 4.38. The van der Waals surface area contributed by atoms with Crippen LogP contribution in [-0.2, 0) is 4.79 Å². The van der Waals surface area contributed by atoms with Crippen LogP contribution in [-0.4, -0.2) is 32.3 Å². The van der Waals surface area contributed by atoms with Gasteiger partial charge < -0.3 is 15.3 Å². The highest BCUT2D eigenvalue weighted by atomic mass is 16.3. The van der Waals surface area contributed by atoms with Crippen LogP contribution in [0.5, 0.6) is 0 Å². The molecule has 0 aromatic carbocycles. The van der Waals surface area contributed by atoms with Gasteiger partial charge >= 0.3 is 0 Å². The van der Waals surface area contributed by atoms with Gasteiger partial charge in [0.25, 0.3) is 0 Å². The SMILES string of the molecule is CCC(C)C(=O)C1(O)C=C(O)CC(O)(C/C=C(\C)CCC=C(C)C)C1. The average Bonchev–Trinajstić information content (AvgIpc) is 2.50. The van der Waals surface area contributed by atoms with E-state index < -0.39 is 11.2 Å². The molecule has 1 aliphatic carbocycles. The first-order chi connectivity index (χ1) is 11.5. The van der Waals surface area contributed by atoms with Crippen molar-refractivity contribution in [3.63, 3.8) is 0 Å². The lowest BCUT2D eigenvalue weighted by atomic mass is 9.72. The first kappa shape index (κ1) is 21.7. The molecule has 0 bridgehead atoms. The van der Waals surface area contributed by atoms with E-state index in [9.17, 15) is 20.1 Å². The molecule has 142 valence electrons. The smallest absolute Gasteiger partial charge is 0.171 e. The van der Waals surface area contributed by atoms with Crippen molar-refractivity contribution in [3.05, 3.63) is 35.1 Å². The molecule has 0 saturated carbocycles. The normalized spacial score (nSPS) is 28.3. The van der Waals surface area contributed by atoms with Crippen LogP contribution >= 0.6 is 0 Å². The van der Waals surface area contributed by atoms with Crippen LogP contribution in [0, 0.1) is 5.92 Å². The van der Waals surface area contributed by atoms with Crippen molar-refractivity contribution < 1.29 is 20.1 Å². The van der Waals surface area contributed by atoms with Crippen molar-refractivity contribution in [2.45, 2.75) is 84.3 Å². The number of carbonyl (C=O) groups excluding carboxylic acids is 1. The van der Waals surface area contributed by atoms with Gasteiger partial charge in [0.1, 0.15) is 5.60 Å². The molecule has 0 spiro atoms. The largest absolute Gasteiger partial charge is 0.512 e. The molecule has 3 atom stereocenters. The number of hydrogen-bond donors (Lipinski definition) is 3. The molecule has 0 heterocycles. The number of allylic oxidation sites excluding steroid dienone is 3. The lowest BCUT2D eigenvalue weighted by Crippen LogP contribution is -2.50. The topological polar surface area (TPSA) is 77.8 Å². The maximum atomic E-state index is 12.5. The van der Waals surface area contributed by atoms with Crippen molar-refractivity contribution in [1.82, 2.24) is 0 Å². The summed E-state index contributed by atoms with van der Waals surface area (Å²) in [5, 5.41) is 31.6. The van der Waals surface area contributed by atoms with E-state index in [2.05, 4.69) is 19.9 Å². The second-order valence-corrected chi connectivity index (χ2v) is 7.89. The zero-order valence-electron chi connectivity index (χ0n) is 16.3. The summed E-state index contributed by atoms with van der Waals surface area (Å²) in [6.45, 7) is 9.77. The summed E-state index contributed by atoms with van der Waals surface area (Å²) < 4.78 is 0. The Morgan fingerprint density at radius 3 is 2.48 bits per heavy atom. The molecule has 0 aromatic heterocycles. The fourth-order valence-corrected chi connectivity index (χ4v) is 3.25. The lowest BCUT2D eigenvalue weighted by Gasteiger charge is -2.39. The summed E-state index contributed by atoms with van der Waals surface area (Å²) in [6.07, 6.45) is 8.08. The summed E-state index contributed by atoms with van der Waals surface area (Å²) in [7, 11) is 0. The monoisotopic (exact) mass is 350 g/mol. The Hall–Kier alpha value is -1.39. The molecule has 0 aliphatic heterocycles. The van der Waals surface area contributed by atoms with Gasteiger partial charge in [0.15, 0.2) is 5.78 Å². The number of ketones is 1. The van der Waals surface area contributed by atoms with Gasteiger partial charge in [0.2, 0.25) is 0 Å². The molecule has 3 N–H and O–H groups in total. The van der Waals surface area contributed by atoms with Gasteiger partial charge in [-0.2, -0.15) is 0 Å². The minimum absolute atomic E-state index is 0.0564. The summed E-state index contributed by atoms with van der Waals surface area (Å²) in [5.74, 6) is -0.787. The highest BCUT2D eigenvalue weighted by Gasteiger charge is 2.47. The Labute approximate surface area is 152 Å². The Bertz CT molecular complexity index is 568. The third kappa shape index (κ3) is 6.44. The predicted molar refractivity (Wildman–Crippen MR) is 101 cm³/mol. The molecule has 25 heavy (non-hydrogen) atoms. The van der Waals surface area contributed by atoms with Gasteiger partial charge in [-0.05, 0) is 52.5 Å². The molecule has 4 nitrogen and oxygen atoms in total. The third-order valence-electron chi connectivity index (χ3n) is 4.92. The van der Waals surface area contributed by atoms with Gasteiger partial charge in [-0.1, -0.05) is 37.1 Å². The molecule has 1 aliphatic rings. The number of hydrogen-bond acceptors (Lipinski definition) is 4. The lowest BCUT2D eigenvalue weighted by molar-refractivity contribution is -0.145. The van der Waals surface area contributed by atoms with Crippen LogP contribution in [0.4, 0.5) is 0 Å². The maximum Gasteiger partial charge on any atom is 0.171 e. The van der Waals surface area contributed by atoms with Gasteiger partial charge in [-0.15, -0.1) is 0 Å². The first-order valence-corrected chi connectivity index (χ1v) is 9.20. The van der Waals surface area contributed by atoms with Crippen LogP contribution in [0.25, 0.3) is 0 Å². The van der Waals surface area contributed by atoms with Crippen LogP contribution in [0.3, 0.4) is 0 Å². The molecule has 0 saturated heterocycles. The highest BCUT2D eigenvalue weighted by molar-refractivity contribution is 5.91. The van der Waals surface area contributed by atoms with E-state index in [1.807, 2.05) is 19.9 Å². The van der Waals surface area contributed by atoms with Gasteiger partial charge in [-0.3, -0.25) is 4.79 Å². The molecule has 3 unspecified atom stereocenters. The van der Waals surface area contributed by atoms with Crippen LogP contribution in [0.2, 0.25) is 0 Å². The summed E-state index contributed by atoms with van der Waals surface area (Å²) in [6, 6.07) is 0. The highest BCUT2D eigenvalue weighted by Crippen LogP contribution is 2.38. The van der Waals surface area contributed by atoms with Crippen LogP contribution < -0.4 is 0 Å². The molecule has 1 rings (SSSR count). The maximum absolute atomic E-state index is 12.5. The van der Waals surface area contributed by atoms with E-state index in [4.69, 9.17) is 0 Å². The molecule has 0 radical (unpaired) electrons. The van der Waals surface area contributed by atoms with E-state index in [1.54, 1.807) is 6.92 Å². The van der Waals surface area contributed by atoms with Crippen molar-refractivity contribution in [3.8, 4) is 0 Å². The Kier molecular flexibility index (Phi) is 7.63. The van der Waals surface area contributed by atoms with Gasteiger partial charge in [0, 0.05) is 18.8 Å². The standard InChI is InChI=1S/C21H34O4/c1-6-17(5)19(23)21(25)13-18(22)12-20(24,14-21)11-10-16(4)9-7-8-15(2)3/h8,10,13,17,22,24-25H,6-7,9,11-12,14H2,1-5H3/b16-10+. The van der Waals surface area contributed by atoms with Crippen LogP contribution in [0.1, 0.15) is 73.1 Å². The minimum Gasteiger partial charge on any atom is -0.512 e. The van der Waals surface area contributed by atoms with Crippen molar-refractivity contribution in [2.24, 2.45) is 5.92 Å². The Morgan fingerprint density at radius 2 is 1.92 bits per heavy atom. The molecule has 0 fully saturated rings. The molecule has 0 aromatic rings. The Morgan fingerprint density at radius 1 is 1.28 bits per heavy atom. The zero-order valence-corrected chi connectivity index (χ0v) is 16.3. The van der Waals surface area contributed by atoms with Crippen molar-refractivity contribution in [2.75, 3.05) is 0 Å². The quantitative estimate of drug-likeness (QED) is 0.568. The van der Waals surface area contributed by atoms with E-state index in [0.29, 0.717) is 12.8 Å². The molecule has 0 amide bonds. The number of aliphatic hydroxyl groups excluding tert-OH is 1. The van der Waals surface area contributed by atoms with Crippen molar-refractivity contribution >= 4 is 5.78 Å². The molecular formula is C21H34O4. The zero-order chi connectivity index (χ0) is 19.3. The number of rotatable bonds is 8. The summed E-state index contributed by atoms with van der Waals surface area (Å²) in [4.78, 5) is 12.5. The van der Waals surface area contributed by atoms with E-state index in [0.717, 1.165) is 18.4 Å². The summed E-state index contributed by atoms with van der Waals surface area (Å²) >= 11 is 0. The van der Waals surface area contributed by atoms with Crippen molar-refractivity contribution in [1.29, 1.82) is 0 Å². The fourth-order valence-electron chi connectivity index (χ4n) is 3.25. The second-order valence-electron chi connectivity index (χ2n) is 7.89. The third-order valence-corrected chi connectivity index (χ3v) is 4.92. The fraction of sp³-hybridized carbons (Fsp3) is 0.667. The summed E-state index contributed by atoms with van der Waals surface area (Å²) in [5.41, 5.74) is -0.677.